The molecule has 28 heavy (non-hydrogen) atoms. The first kappa shape index (κ1) is 19.3. The Morgan fingerprint density at radius 2 is 1.50 bits per heavy atom. The number of amides is 2. The normalized spacial score (nSPS) is 10.2. The van der Waals surface area contributed by atoms with Crippen molar-refractivity contribution in [3.8, 4) is 0 Å². The molecule has 7 heteroatoms. The Morgan fingerprint density at radius 3 is 2.21 bits per heavy atom. The molecular weight excluding hydrogens is 378 g/mol. The van der Waals surface area contributed by atoms with Gasteiger partial charge >= 0.3 is 0 Å². The first-order valence-corrected chi connectivity index (χ1v) is 8.75. The number of rotatable bonds is 5. The fourth-order valence-corrected chi connectivity index (χ4v) is 2.67. The topological polar surface area (TPSA) is 88.2 Å². The average Bonchev–Trinajstić information content (AvgIpc) is 2.68. The van der Waals surface area contributed by atoms with E-state index in [4.69, 9.17) is 11.6 Å². The number of Topliss-reactive ketones (excluding diaryl/α,β-unsaturated/α-hetero) is 1. The van der Waals surface area contributed by atoms with Crippen molar-refractivity contribution in [3.63, 3.8) is 0 Å². The van der Waals surface area contributed by atoms with Crippen LogP contribution in [0.25, 0.3) is 0 Å². The van der Waals surface area contributed by atoms with Gasteiger partial charge in [0.25, 0.3) is 11.8 Å². The molecule has 0 atom stereocenters. The standard InChI is InChI=1S/C21H16ClN3O3/c1-13(26)14-4-2-6-17(10-14)25-21(28)19-11-15(8-9-23-19)20(27)24-18-7-3-5-16(22)12-18/h2-12H,1H3,(H,24,27)(H,25,28). The van der Waals surface area contributed by atoms with Gasteiger partial charge < -0.3 is 10.6 Å². The van der Waals surface area contributed by atoms with E-state index in [0.29, 0.717) is 22.0 Å². The highest BCUT2D eigenvalue weighted by molar-refractivity contribution is 6.31. The van der Waals surface area contributed by atoms with Crippen LogP contribution in [-0.2, 0) is 0 Å². The van der Waals surface area contributed by atoms with Gasteiger partial charge in [-0.25, -0.2) is 0 Å². The number of aromatic nitrogens is 1. The highest BCUT2D eigenvalue weighted by Crippen LogP contribution is 2.17. The predicted molar refractivity (Wildman–Crippen MR) is 108 cm³/mol. The SMILES string of the molecule is CC(=O)c1cccc(NC(=O)c2cc(C(=O)Nc3cccc(Cl)c3)ccn2)c1. The van der Waals surface area contributed by atoms with Crippen molar-refractivity contribution in [2.75, 3.05) is 10.6 Å². The molecule has 0 saturated carbocycles. The largest absolute Gasteiger partial charge is 0.322 e. The Labute approximate surface area is 166 Å². The summed E-state index contributed by atoms with van der Waals surface area (Å²) < 4.78 is 0. The van der Waals surface area contributed by atoms with E-state index in [2.05, 4.69) is 15.6 Å². The van der Waals surface area contributed by atoms with Gasteiger partial charge in [-0.15, -0.1) is 0 Å². The molecule has 2 amide bonds. The summed E-state index contributed by atoms with van der Waals surface area (Å²) >= 11 is 5.91. The Morgan fingerprint density at radius 1 is 0.821 bits per heavy atom. The molecule has 3 rings (SSSR count). The minimum atomic E-state index is -0.488. The van der Waals surface area contributed by atoms with Crippen molar-refractivity contribution >= 4 is 40.6 Å². The number of anilines is 2. The fourth-order valence-electron chi connectivity index (χ4n) is 2.48. The Kier molecular flexibility index (Phi) is 5.81. The molecule has 1 heterocycles. The second-order valence-corrected chi connectivity index (χ2v) is 6.42. The Hall–Kier alpha value is -3.51. The maximum absolute atomic E-state index is 12.5. The van der Waals surface area contributed by atoms with Crippen LogP contribution in [0.15, 0.2) is 66.9 Å². The number of nitrogens with zero attached hydrogens (tertiary/aromatic N) is 1. The van der Waals surface area contributed by atoms with Crippen molar-refractivity contribution in [2.45, 2.75) is 6.92 Å². The van der Waals surface area contributed by atoms with E-state index < -0.39 is 11.8 Å². The summed E-state index contributed by atoms with van der Waals surface area (Å²) in [5, 5.41) is 5.89. The molecule has 2 aromatic carbocycles. The minimum absolute atomic E-state index is 0.0759. The third-order valence-electron chi connectivity index (χ3n) is 3.86. The van der Waals surface area contributed by atoms with Gasteiger partial charge in [0.1, 0.15) is 5.69 Å². The van der Waals surface area contributed by atoms with Crippen LogP contribution in [0.1, 0.15) is 38.1 Å². The zero-order valence-electron chi connectivity index (χ0n) is 14.9. The van der Waals surface area contributed by atoms with Crippen molar-refractivity contribution < 1.29 is 14.4 Å². The quantitative estimate of drug-likeness (QED) is 0.627. The van der Waals surface area contributed by atoms with E-state index in [1.54, 1.807) is 48.5 Å². The van der Waals surface area contributed by atoms with Crippen LogP contribution in [0.2, 0.25) is 5.02 Å². The zero-order chi connectivity index (χ0) is 20.1. The number of benzene rings is 2. The van der Waals surface area contributed by atoms with Crippen LogP contribution in [0, 0.1) is 0 Å². The summed E-state index contributed by atoms with van der Waals surface area (Å²) in [6, 6.07) is 16.2. The molecule has 0 aliphatic rings. The molecule has 0 saturated heterocycles. The number of carbonyl (C=O) groups is 3. The van der Waals surface area contributed by atoms with Gasteiger partial charge in [-0.2, -0.15) is 0 Å². The van der Waals surface area contributed by atoms with Crippen LogP contribution in [0.4, 0.5) is 11.4 Å². The first-order chi connectivity index (χ1) is 13.4. The third kappa shape index (κ3) is 4.81. The number of carbonyl (C=O) groups excluding carboxylic acids is 3. The lowest BCUT2D eigenvalue weighted by molar-refractivity contribution is 0.100. The number of hydrogen-bond acceptors (Lipinski definition) is 4. The van der Waals surface area contributed by atoms with E-state index >= 15 is 0 Å². The van der Waals surface area contributed by atoms with Gasteiger partial charge in [0.2, 0.25) is 0 Å². The van der Waals surface area contributed by atoms with E-state index in [0.717, 1.165) is 0 Å². The summed E-state index contributed by atoms with van der Waals surface area (Å²) in [6.45, 7) is 1.45. The lowest BCUT2D eigenvalue weighted by Crippen LogP contribution is -2.17. The van der Waals surface area contributed by atoms with Crippen molar-refractivity contribution in [3.05, 3.63) is 88.7 Å². The molecule has 140 valence electrons. The van der Waals surface area contributed by atoms with E-state index in [1.165, 1.54) is 25.3 Å². The maximum atomic E-state index is 12.5. The molecule has 0 bridgehead atoms. The van der Waals surface area contributed by atoms with Gasteiger partial charge in [0.05, 0.1) is 0 Å². The van der Waals surface area contributed by atoms with E-state index in [9.17, 15) is 14.4 Å². The maximum Gasteiger partial charge on any atom is 0.274 e. The predicted octanol–water partition coefficient (Wildman–Crippen LogP) is 4.44. The lowest BCUT2D eigenvalue weighted by atomic mass is 10.1. The van der Waals surface area contributed by atoms with Crippen molar-refractivity contribution in [1.82, 2.24) is 4.98 Å². The molecule has 6 nitrogen and oxygen atoms in total. The summed E-state index contributed by atoms with van der Waals surface area (Å²) in [4.78, 5) is 40.4. The number of ketones is 1. The van der Waals surface area contributed by atoms with E-state index in [1.807, 2.05) is 0 Å². The fraction of sp³-hybridized carbons (Fsp3) is 0.0476. The van der Waals surface area contributed by atoms with Crippen LogP contribution >= 0.6 is 11.6 Å². The highest BCUT2D eigenvalue weighted by atomic mass is 35.5. The zero-order valence-corrected chi connectivity index (χ0v) is 15.7. The number of pyridine rings is 1. The van der Waals surface area contributed by atoms with Crippen LogP contribution in [0.3, 0.4) is 0 Å². The van der Waals surface area contributed by atoms with Crippen molar-refractivity contribution in [1.29, 1.82) is 0 Å². The number of nitrogens with one attached hydrogen (secondary N) is 2. The summed E-state index contributed by atoms with van der Waals surface area (Å²) in [5.41, 5.74) is 1.85. The summed E-state index contributed by atoms with van der Waals surface area (Å²) in [6.07, 6.45) is 1.38. The molecule has 0 aliphatic heterocycles. The van der Waals surface area contributed by atoms with Crippen LogP contribution in [0.5, 0.6) is 0 Å². The third-order valence-corrected chi connectivity index (χ3v) is 4.10. The highest BCUT2D eigenvalue weighted by Gasteiger charge is 2.13. The second kappa shape index (κ2) is 8.45. The summed E-state index contributed by atoms with van der Waals surface area (Å²) in [5.74, 6) is -0.982. The lowest BCUT2D eigenvalue weighted by Gasteiger charge is -2.08. The molecule has 0 spiro atoms. The van der Waals surface area contributed by atoms with Crippen molar-refractivity contribution in [2.24, 2.45) is 0 Å². The van der Waals surface area contributed by atoms with Gasteiger partial charge in [0.15, 0.2) is 5.78 Å². The number of halogens is 1. The Balaban J connectivity index is 1.75. The number of hydrogen-bond donors (Lipinski definition) is 2. The molecular formula is C21H16ClN3O3. The molecule has 1 aromatic heterocycles. The monoisotopic (exact) mass is 393 g/mol. The molecule has 2 N–H and O–H groups in total. The first-order valence-electron chi connectivity index (χ1n) is 8.38. The van der Waals surface area contributed by atoms with Gasteiger partial charge in [-0.05, 0) is 49.4 Å². The summed E-state index contributed by atoms with van der Waals surface area (Å²) in [7, 11) is 0. The molecule has 0 aliphatic carbocycles. The van der Waals surface area contributed by atoms with Gasteiger partial charge in [-0.1, -0.05) is 29.8 Å². The van der Waals surface area contributed by atoms with Gasteiger partial charge in [-0.3, -0.25) is 19.4 Å². The molecule has 3 aromatic rings. The smallest absolute Gasteiger partial charge is 0.274 e. The van der Waals surface area contributed by atoms with Crippen LogP contribution in [-0.4, -0.2) is 22.6 Å². The second-order valence-electron chi connectivity index (χ2n) is 5.99. The molecule has 0 radical (unpaired) electrons. The van der Waals surface area contributed by atoms with Crippen LogP contribution < -0.4 is 10.6 Å². The Bertz CT molecular complexity index is 1070. The molecule has 0 fully saturated rings. The minimum Gasteiger partial charge on any atom is -0.322 e. The average molecular weight is 394 g/mol. The van der Waals surface area contributed by atoms with Gasteiger partial charge in [0, 0.05) is 33.7 Å². The molecule has 0 unspecified atom stereocenters. The van der Waals surface area contributed by atoms with E-state index in [-0.39, 0.29) is 17.0 Å².